The van der Waals surface area contributed by atoms with Gasteiger partial charge in [0.15, 0.2) is 0 Å². The van der Waals surface area contributed by atoms with Crippen LogP contribution in [0.1, 0.15) is 24.2 Å². The number of nitro benzene ring substituents is 1. The van der Waals surface area contributed by atoms with E-state index < -0.39 is 4.92 Å². The molecule has 0 spiro atoms. The first-order chi connectivity index (χ1) is 11.0. The maximum atomic E-state index is 12.0. The molecule has 0 aliphatic heterocycles. The van der Waals surface area contributed by atoms with Gasteiger partial charge in [-0.1, -0.05) is 32.0 Å². The van der Waals surface area contributed by atoms with Gasteiger partial charge in [-0.2, -0.15) is 0 Å². The molecule has 0 aromatic heterocycles. The first kappa shape index (κ1) is 16.5. The molecule has 0 saturated heterocycles. The van der Waals surface area contributed by atoms with Crippen molar-refractivity contribution in [3.05, 3.63) is 64.2 Å². The van der Waals surface area contributed by atoms with Crippen LogP contribution in [0.5, 0.6) is 0 Å². The molecular formula is C17H19N3O3. The second-order valence-corrected chi connectivity index (χ2v) is 5.58. The molecule has 6 heteroatoms. The predicted octanol–water partition coefficient (Wildman–Crippen LogP) is 3.72. The van der Waals surface area contributed by atoms with Crippen LogP contribution in [0.2, 0.25) is 0 Å². The minimum absolute atomic E-state index is 0.133. The topological polar surface area (TPSA) is 84.3 Å². The van der Waals surface area contributed by atoms with E-state index in [9.17, 15) is 14.9 Å². The summed E-state index contributed by atoms with van der Waals surface area (Å²) in [5, 5.41) is 17.0. The lowest BCUT2D eigenvalue weighted by molar-refractivity contribution is -0.383. The lowest BCUT2D eigenvalue weighted by Crippen LogP contribution is -2.27. The largest absolute Gasteiger partial charge is 0.352 e. The molecule has 0 aliphatic rings. The fourth-order valence-corrected chi connectivity index (χ4v) is 2.01. The molecule has 6 nitrogen and oxygen atoms in total. The van der Waals surface area contributed by atoms with Crippen LogP contribution >= 0.6 is 0 Å². The molecule has 2 rings (SSSR count). The van der Waals surface area contributed by atoms with Crippen molar-refractivity contribution in [3.63, 3.8) is 0 Å². The number of anilines is 2. The number of carbonyl (C=O) groups excluding carboxylic acids is 1. The zero-order valence-corrected chi connectivity index (χ0v) is 13.1. The Morgan fingerprint density at radius 1 is 1.17 bits per heavy atom. The standard InChI is InChI=1S/C17H19N3O3/c1-12(2)11-18-17(21)13-8-9-15(16(10-13)20(22)23)19-14-6-4-3-5-7-14/h3-10,12,19H,11H2,1-2H3,(H,18,21). The fraction of sp³-hybridized carbons (Fsp3) is 0.235. The molecule has 0 aliphatic carbocycles. The molecule has 0 saturated carbocycles. The minimum Gasteiger partial charge on any atom is -0.352 e. The number of hydrogen-bond donors (Lipinski definition) is 2. The van der Waals surface area contributed by atoms with Gasteiger partial charge in [0, 0.05) is 23.9 Å². The van der Waals surface area contributed by atoms with Crippen molar-refractivity contribution in [3.8, 4) is 0 Å². The highest BCUT2D eigenvalue weighted by molar-refractivity contribution is 5.95. The van der Waals surface area contributed by atoms with Crippen LogP contribution in [0, 0.1) is 16.0 Å². The number of hydrogen-bond acceptors (Lipinski definition) is 4. The van der Waals surface area contributed by atoms with Gasteiger partial charge < -0.3 is 10.6 Å². The molecule has 0 unspecified atom stereocenters. The number of benzene rings is 2. The molecule has 2 aromatic rings. The average Bonchev–Trinajstić information content (AvgIpc) is 2.53. The zero-order chi connectivity index (χ0) is 16.8. The van der Waals surface area contributed by atoms with Crippen molar-refractivity contribution in [1.82, 2.24) is 5.32 Å². The minimum atomic E-state index is -0.496. The van der Waals surface area contributed by atoms with Crippen molar-refractivity contribution >= 4 is 23.0 Å². The lowest BCUT2D eigenvalue weighted by Gasteiger charge is -2.10. The van der Waals surface area contributed by atoms with Gasteiger partial charge >= 0.3 is 0 Å². The van der Waals surface area contributed by atoms with Gasteiger partial charge in [-0.15, -0.1) is 0 Å². The lowest BCUT2D eigenvalue weighted by atomic mass is 10.1. The van der Waals surface area contributed by atoms with Gasteiger partial charge in [0.1, 0.15) is 5.69 Å². The van der Waals surface area contributed by atoms with Crippen LogP contribution in [0.4, 0.5) is 17.1 Å². The number of rotatable bonds is 6. The smallest absolute Gasteiger partial charge is 0.293 e. The normalized spacial score (nSPS) is 10.4. The Labute approximate surface area is 134 Å². The predicted molar refractivity (Wildman–Crippen MR) is 90.0 cm³/mol. The van der Waals surface area contributed by atoms with Crippen molar-refractivity contribution in [1.29, 1.82) is 0 Å². The van der Waals surface area contributed by atoms with E-state index in [0.29, 0.717) is 18.2 Å². The van der Waals surface area contributed by atoms with Gasteiger partial charge in [0.05, 0.1) is 4.92 Å². The zero-order valence-electron chi connectivity index (χ0n) is 13.1. The van der Waals surface area contributed by atoms with Crippen molar-refractivity contribution in [2.75, 3.05) is 11.9 Å². The monoisotopic (exact) mass is 313 g/mol. The van der Waals surface area contributed by atoms with Crippen molar-refractivity contribution < 1.29 is 9.72 Å². The molecule has 0 atom stereocenters. The molecule has 0 bridgehead atoms. The van der Waals surface area contributed by atoms with E-state index in [0.717, 1.165) is 5.69 Å². The second kappa shape index (κ2) is 7.40. The molecule has 2 N–H and O–H groups in total. The summed E-state index contributed by atoms with van der Waals surface area (Å²) < 4.78 is 0. The van der Waals surface area contributed by atoms with Crippen LogP contribution in [-0.4, -0.2) is 17.4 Å². The van der Waals surface area contributed by atoms with E-state index in [4.69, 9.17) is 0 Å². The van der Waals surface area contributed by atoms with Gasteiger partial charge in [-0.3, -0.25) is 14.9 Å². The van der Waals surface area contributed by atoms with E-state index in [1.807, 2.05) is 44.2 Å². The number of para-hydroxylation sites is 1. The van der Waals surface area contributed by atoms with Crippen LogP contribution in [-0.2, 0) is 0 Å². The summed E-state index contributed by atoms with van der Waals surface area (Å²) in [6, 6.07) is 13.6. The molecule has 0 radical (unpaired) electrons. The number of carbonyl (C=O) groups is 1. The summed E-state index contributed by atoms with van der Waals surface area (Å²) in [7, 11) is 0. The summed E-state index contributed by atoms with van der Waals surface area (Å²) in [6.07, 6.45) is 0. The van der Waals surface area contributed by atoms with Gasteiger partial charge in [0.25, 0.3) is 11.6 Å². The molecular weight excluding hydrogens is 294 g/mol. The summed E-state index contributed by atoms with van der Waals surface area (Å²) in [4.78, 5) is 22.8. The summed E-state index contributed by atoms with van der Waals surface area (Å²) in [5.74, 6) is 0.000942. The highest BCUT2D eigenvalue weighted by Gasteiger charge is 2.17. The first-order valence-corrected chi connectivity index (χ1v) is 7.36. The van der Waals surface area contributed by atoms with E-state index in [1.54, 1.807) is 12.1 Å². The Hall–Kier alpha value is -2.89. The van der Waals surface area contributed by atoms with Crippen LogP contribution in [0.25, 0.3) is 0 Å². The Bertz CT molecular complexity index is 699. The molecule has 0 fully saturated rings. The van der Waals surface area contributed by atoms with Crippen LogP contribution in [0.15, 0.2) is 48.5 Å². The SMILES string of the molecule is CC(C)CNC(=O)c1ccc(Nc2ccccc2)c([N+](=O)[O-])c1. The van der Waals surface area contributed by atoms with Crippen LogP contribution in [0.3, 0.4) is 0 Å². The maximum Gasteiger partial charge on any atom is 0.293 e. The number of nitrogens with zero attached hydrogens (tertiary/aromatic N) is 1. The molecule has 0 heterocycles. The van der Waals surface area contributed by atoms with E-state index >= 15 is 0 Å². The third-order valence-electron chi connectivity index (χ3n) is 3.18. The first-order valence-electron chi connectivity index (χ1n) is 7.36. The number of nitrogens with one attached hydrogen (secondary N) is 2. The highest BCUT2D eigenvalue weighted by atomic mass is 16.6. The summed E-state index contributed by atoms with van der Waals surface area (Å²) >= 11 is 0. The number of amides is 1. The quantitative estimate of drug-likeness (QED) is 0.628. The summed E-state index contributed by atoms with van der Waals surface area (Å²) in [5.41, 5.74) is 1.23. The molecule has 23 heavy (non-hydrogen) atoms. The van der Waals surface area contributed by atoms with E-state index in [2.05, 4.69) is 10.6 Å². The second-order valence-electron chi connectivity index (χ2n) is 5.58. The molecule has 120 valence electrons. The molecule has 1 amide bonds. The van der Waals surface area contributed by atoms with E-state index in [1.165, 1.54) is 6.07 Å². The number of nitro groups is 1. The third kappa shape index (κ3) is 4.54. The van der Waals surface area contributed by atoms with Crippen molar-refractivity contribution in [2.24, 2.45) is 5.92 Å². The molecule has 2 aromatic carbocycles. The Balaban J connectivity index is 2.24. The Kier molecular flexibility index (Phi) is 5.30. The highest BCUT2D eigenvalue weighted by Crippen LogP contribution is 2.28. The third-order valence-corrected chi connectivity index (χ3v) is 3.18. The Morgan fingerprint density at radius 3 is 2.48 bits per heavy atom. The van der Waals surface area contributed by atoms with Gasteiger partial charge in [-0.05, 0) is 30.2 Å². The van der Waals surface area contributed by atoms with Gasteiger partial charge in [-0.25, -0.2) is 0 Å². The Morgan fingerprint density at radius 2 is 1.87 bits per heavy atom. The average molecular weight is 313 g/mol. The van der Waals surface area contributed by atoms with Crippen molar-refractivity contribution in [2.45, 2.75) is 13.8 Å². The van der Waals surface area contributed by atoms with Gasteiger partial charge in [0.2, 0.25) is 0 Å². The maximum absolute atomic E-state index is 12.0. The van der Waals surface area contributed by atoms with E-state index in [-0.39, 0.29) is 17.2 Å². The van der Waals surface area contributed by atoms with Crippen LogP contribution < -0.4 is 10.6 Å². The summed E-state index contributed by atoms with van der Waals surface area (Å²) in [6.45, 7) is 4.49. The fourth-order valence-electron chi connectivity index (χ4n) is 2.01.